The summed E-state index contributed by atoms with van der Waals surface area (Å²) in [5.41, 5.74) is -4.57. The van der Waals surface area contributed by atoms with E-state index in [1.807, 2.05) is 13.8 Å². The van der Waals surface area contributed by atoms with Gasteiger partial charge in [-0.2, -0.15) is 0 Å². The maximum atomic E-state index is 12.7. The molecule has 0 spiro atoms. The van der Waals surface area contributed by atoms with Crippen LogP contribution in [0, 0.1) is 29.1 Å². The van der Waals surface area contributed by atoms with Gasteiger partial charge in [0.25, 0.3) is 0 Å². The second-order valence-corrected chi connectivity index (χ2v) is 9.41. The van der Waals surface area contributed by atoms with Crippen molar-refractivity contribution in [2.24, 2.45) is 29.1 Å². The van der Waals surface area contributed by atoms with E-state index in [1.165, 1.54) is 0 Å². The van der Waals surface area contributed by atoms with E-state index in [9.17, 15) is 30.3 Å². The molecule has 5 N–H and O–H groups in total. The molecule has 0 aromatic carbocycles. The minimum Gasteiger partial charge on any atom is -0.392 e. The van der Waals surface area contributed by atoms with Gasteiger partial charge in [0, 0.05) is 35.5 Å². The van der Waals surface area contributed by atoms with Crippen molar-refractivity contribution in [3.63, 3.8) is 0 Å². The summed E-state index contributed by atoms with van der Waals surface area (Å²) in [7, 11) is 0. The summed E-state index contributed by atoms with van der Waals surface area (Å²) in [6, 6.07) is 0. The van der Waals surface area contributed by atoms with Crippen molar-refractivity contribution in [1.82, 2.24) is 0 Å². The highest BCUT2D eigenvalue weighted by Gasteiger charge is 2.84. The van der Waals surface area contributed by atoms with Gasteiger partial charge < -0.3 is 25.5 Å². The first-order chi connectivity index (χ1) is 11.9. The molecule has 0 saturated heterocycles. The summed E-state index contributed by atoms with van der Waals surface area (Å²) in [6.45, 7) is 6.63. The molecule has 26 heavy (non-hydrogen) atoms. The zero-order valence-corrected chi connectivity index (χ0v) is 15.6. The Morgan fingerprint density at radius 1 is 1.19 bits per heavy atom. The van der Waals surface area contributed by atoms with Crippen LogP contribution in [-0.4, -0.2) is 60.8 Å². The van der Waals surface area contributed by atoms with E-state index in [0.29, 0.717) is 11.1 Å². The van der Waals surface area contributed by atoms with Crippen LogP contribution in [0.25, 0.3) is 0 Å². The summed E-state index contributed by atoms with van der Waals surface area (Å²) in [4.78, 5) is 12.7. The highest BCUT2D eigenvalue weighted by atomic mass is 16.4. The maximum absolute atomic E-state index is 12.7. The fourth-order valence-electron chi connectivity index (χ4n) is 6.45. The summed E-state index contributed by atoms with van der Waals surface area (Å²) in [5, 5.41) is 54.9. The van der Waals surface area contributed by atoms with Gasteiger partial charge in [-0.3, -0.25) is 4.79 Å². The van der Waals surface area contributed by atoms with Gasteiger partial charge in [0.1, 0.15) is 11.2 Å². The molecular formula is C20H28O6. The summed E-state index contributed by atoms with van der Waals surface area (Å²) < 4.78 is 0. The lowest BCUT2D eigenvalue weighted by molar-refractivity contribution is -0.209. The van der Waals surface area contributed by atoms with Gasteiger partial charge >= 0.3 is 0 Å². The molecule has 0 bridgehead atoms. The lowest BCUT2D eigenvalue weighted by Gasteiger charge is -2.51. The van der Waals surface area contributed by atoms with E-state index in [0.717, 1.165) is 0 Å². The Kier molecular flexibility index (Phi) is 3.42. The molecule has 4 rings (SSSR count). The van der Waals surface area contributed by atoms with Crippen LogP contribution in [0.4, 0.5) is 0 Å². The van der Waals surface area contributed by atoms with Crippen LogP contribution < -0.4 is 0 Å². The van der Waals surface area contributed by atoms with Crippen molar-refractivity contribution in [3.8, 4) is 0 Å². The minimum absolute atomic E-state index is 0.0615. The van der Waals surface area contributed by atoms with E-state index in [-0.39, 0.29) is 13.0 Å². The van der Waals surface area contributed by atoms with E-state index in [2.05, 4.69) is 0 Å². The zero-order valence-electron chi connectivity index (χ0n) is 15.6. The van der Waals surface area contributed by atoms with Gasteiger partial charge in [-0.1, -0.05) is 32.9 Å². The van der Waals surface area contributed by atoms with Gasteiger partial charge in [-0.05, 0) is 18.1 Å². The topological polar surface area (TPSA) is 118 Å². The van der Waals surface area contributed by atoms with Crippen molar-refractivity contribution in [3.05, 3.63) is 23.3 Å². The number of aliphatic hydroxyl groups excluding tert-OH is 2. The Hall–Kier alpha value is -1.05. The normalized spacial score (nSPS) is 54.5. The van der Waals surface area contributed by atoms with E-state index in [4.69, 9.17) is 0 Å². The second kappa shape index (κ2) is 4.86. The van der Waals surface area contributed by atoms with Gasteiger partial charge in [-0.25, -0.2) is 0 Å². The van der Waals surface area contributed by atoms with Crippen molar-refractivity contribution < 1.29 is 30.3 Å². The predicted molar refractivity (Wildman–Crippen MR) is 92.8 cm³/mol. The first-order valence-corrected chi connectivity index (χ1v) is 9.27. The number of carbonyl (C=O) groups is 1. The fraction of sp³-hybridized carbons (Fsp3) is 0.750. The van der Waals surface area contributed by atoms with Gasteiger partial charge in [0.05, 0.1) is 18.3 Å². The Bertz CT molecular complexity index is 753. The Balaban J connectivity index is 1.96. The second-order valence-electron chi connectivity index (χ2n) is 9.41. The number of hydrogen-bond acceptors (Lipinski definition) is 6. The van der Waals surface area contributed by atoms with Gasteiger partial charge in [0.2, 0.25) is 0 Å². The van der Waals surface area contributed by atoms with E-state index < -0.39 is 57.8 Å². The predicted octanol–water partition coefficient (Wildman–Crippen LogP) is -0.0699. The maximum Gasteiger partial charge on any atom is 0.190 e. The molecule has 0 radical (unpaired) electrons. The largest absolute Gasteiger partial charge is 0.392 e. The Morgan fingerprint density at radius 3 is 2.38 bits per heavy atom. The number of aliphatic hydroxyl groups is 5. The molecule has 0 unspecified atom stereocenters. The summed E-state index contributed by atoms with van der Waals surface area (Å²) >= 11 is 0. The zero-order chi connectivity index (χ0) is 19.4. The summed E-state index contributed by atoms with van der Waals surface area (Å²) in [6.07, 6.45) is 2.08. The van der Waals surface area contributed by atoms with E-state index in [1.54, 1.807) is 26.0 Å². The van der Waals surface area contributed by atoms with Crippen LogP contribution in [0.1, 0.15) is 34.1 Å². The van der Waals surface area contributed by atoms with Crippen LogP contribution in [0.5, 0.6) is 0 Å². The van der Waals surface area contributed by atoms with Crippen molar-refractivity contribution in [1.29, 1.82) is 0 Å². The minimum atomic E-state index is -1.84. The van der Waals surface area contributed by atoms with Gasteiger partial charge in [0.15, 0.2) is 5.78 Å². The molecule has 4 aliphatic rings. The first kappa shape index (κ1) is 18.3. The average molecular weight is 364 g/mol. The average Bonchev–Trinajstić information content (AvgIpc) is 2.97. The molecule has 6 heteroatoms. The third kappa shape index (κ3) is 1.69. The standard InChI is InChI=1S/C20H28O6/c1-9-5-13-18(24,15(9)22)7-11(8-21)6-12-14-17(3,4)20(14,26)16(23)10(2)19(12,13)25/h5-6,10,12-14,16,21,23-26H,7-8H2,1-4H3/t10-,12+,13-,14+,16-,18+,19+,20+/m1/s1. The quantitative estimate of drug-likeness (QED) is 0.416. The van der Waals surface area contributed by atoms with Crippen LogP contribution in [0.3, 0.4) is 0 Å². The molecule has 4 aliphatic carbocycles. The monoisotopic (exact) mass is 364 g/mol. The molecule has 0 aromatic heterocycles. The van der Waals surface area contributed by atoms with Crippen molar-refractivity contribution in [2.75, 3.05) is 6.61 Å². The molecule has 2 saturated carbocycles. The third-order valence-corrected chi connectivity index (χ3v) is 8.04. The molecule has 2 fully saturated rings. The number of hydrogen-bond donors (Lipinski definition) is 5. The molecule has 6 nitrogen and oxygen atoms in total. The molecule has 0 amide bonds. The Morgan fingerprint density at radius 2 is 1.81 bits per heavy atom. The van der Waals surface area contributed by atoms with Crippen LogP contribution in [0.15, 0.2) is 23.3 Å². The molecule has 0 aliphatic heterocycles. The highest BCUT2D eigenvalue weighted by Crippen LogP contribution is 2.74. The fourth-order valence-corrected chi connectivity index (χ4v) is 6.45. The number of ketones is 1. The SMILES string of the molecule is CC1=C[C@H]2[C@]3(O)[C@H](C)[C@@H](O)[C@@]4(O)[C@@H]([C@@H]3C=C(CO)C[C@@]2(O)C1=O)C4(C)C. The van der Waals surface area contributed by atoms with E-state index >= 15 is 0 Å². The number of carbonyl (C=O) groups excluding carboxylic acids is 1. The number of fused-ring (bicyclic) bond motifs is 5. The molecule has 0 heterocycles. The lowest BCUT2D eigenvalue weighted by Crippen LogP contribution is -2.65. The Labute approximate surface area is 152 Å². The van der Waals surface area contributed by atoms with Crippen LogP contribution in [0.2, 0.25) is 0 Å². The molecule has 0 aromatic rings. The molecule has 144 valence electrons. The van der Waals surface area contributed by atoms with Crippen LogP contribution in [-0.2, 0) is 4.79 Å². The molecular weight excluding hydrogens is 336 g/mol. The smallest absolute Gasteiger partial charge is 0.190 e. The number of rotatable bonds is 1. The highest BCUT2D eigenvalue weighted by molar-refractivity contribution is 6.04. The van der Waals surface area contributed by atoms with Crippen LogP contribution >= 0.6 is 0 Å². The number of Topliss-reactive ketones (excluding diaryl/α,β-unsaturated/α-hetero) is 1. The van der Waals surface area contributed by atoms with Crippen molar-refractivity contribution >= 4 is 5.78 Å². The molecule has 8 atom stereocenters. The van der Waals surface area contributed by atoms with Crippen molar-refractivity contribution in [2.45, 2.75) is 57.0 Å². The third-order valence-electron chi connectivity index (χ3n) is 8.04. The first-order valence-electron chi connectivity index (χ1n) is 9.27. The lowest BCUT2D eigenvalue weighted by atomic mass is 9.59. The van der Waals surface area contributed by atoms with Gasteiger partial charge in [-0.15, -0.1) is 0 Å². The summed E-state index contributed by atoms with van der Waals surface area (Å²) in [5.74, 6) is -3.14.